The van der Waals surface area contributed by atoms with Gasteiger partial charge in [-0.3, -0.25) is 4.98 Å². The molecule has 1 aliphatic heterocycles. The van der Waals surface area contributed by atoms with Gasteiger partial charge in [-0.25, -0.2) is 0 Å². The van der Waals surface area contributed by atoms with Crippen molar-refractivity contribution in [2.45, 2.75) is 51.7 Å². The maximum absolute atomic E-state index is 10.2. The first-order valence-corrected chi connectivity index (χ1v) is 6.40. The van der Waals surface area contributed by atoms with Crippen molar-refractivity contribution < 1.29 is 9.84 Å². The molecule has 0 bridgehead atoms. The zero-order valence-corrected chi connectivity index (χ0v) is 10.6. The quantitative estimate of drug-likeness (QED) is 0.872. The minimum Gasteiger partial charge on any atom is -0.388 e. The Bertz CT molecular complexity index is 372. The van der Waals surface area contributed by atoms with Crippen LogP contribution in [0.15, 0.2) is 12.1 Å². The lowest BCUT2D eigenvalue weighted by molar-refractivity contribution is 0.0810. The first kappa shape index (κ1) is 12.5. The van der Waals surface area contributed by atoms with Crippen LogP contribution < -0.4 is 0 Å². The van der Waals surface area contributed by atoms with E-state index in [-0.39, 0.29) is 0 Å². The van der Waals surface area contributed by atoms with Crippen LogP contribution in [0.5, 0.6) is 0 Å². The van der Waals surface area contributed by atoms with E-state index < -0.39 is 6.10 Å². The lowest BCUT2D eigenvalue weighted by Crippen LogP contribution is -2.09. The first-order valence-electron chi connectivity index (χ1n) is 6.40. The molecular weight excluding hydrogens is 214 g/mol. The van der Waals surface area contributed by atoms with Crippen LogP contribution in [0.4, 0.5) is 0 Å². The second-order valence-corrected chi connectivity index (χ2v) is 4.86. The van der Waals surface area contributed by atoms with Crippen molar-refractivity contribution in [3.8, 4) is 0 Å². The minimum atomic E-state index is -0.410. The Kier molecular flexibility index (Phi) is 4.13. The average molecular weight is 235 g/mol. The maximum atomic E-state index is 10.2. The van der Waals surface area contributed by atoms with Crippen LogP contribution in [0.3, 0.4) is 0 Å². The molecule has 17 heavy (non-hydrogen) atoms. The van der Waals surface area contributed by atoms with E-state index in [1.165, 1.54) is 0 Å². The highest BCUT2D eigenvalue weighted by atomic mass is 16.5. The van der Waals surface area contributed by atoms with Gasteiger partial charge in [0.1, 0.15) is 0 Å². The zero-order valence-electron chi connectivity index (χ0n) is 10.6. The van der Waals surface area contributed by atoms with Crippen molar-refractivity contribution in [1.82, 2.24) is 4.98 Å². The Balaban J connectivity index is 1.91. The molecule has 1 saturated heterocycles. The molecule has 2 heterocycles. The van der Waals surface area contributed by atoms with Crippen LogP contribution in [-0.4, -0.2) is 22.8 Å². The molecule has 1 fully saturated rings. The molecule has 2 unspecified atom stereocenters. The molecule has 2 atom stereocenters. The number of ether oxygens (including phenoxy) is 1. The molecule has 3 nitrogen and oxygen atoms in total. The molecule has 1 aromatic heterocycles. The van der Waals surface area contributed by atoms with Crippen molar-refractivity contribution in [1.29, 1.82) is 0 Å². The number of nitrogens with zero attached hydrogens (tertiary/aromatic N) is 1. The van der Waals surface area contributed by atoms with E-state index in [0.29, 0.717) is 6.10 Å². The largest absolute Gasteiger partial charge is 0.388 e. The summed E-state index contributed by atoms with van der Waals surface area (Å²) in [6.45, 7) is 4.80. The van der Waals surface area contributed by atoms with Crippen molar-refractivity contribution in [2.24, 2.45) is 0 Å². The van der Waals surface area contributed by atoms with Crippen LogP contribution in [0, 0.1) is 13.8 Å². The van der Waals surface area contributed by atoms with Gasteiger partial charge in [-0.1, -0.05) is 6.07 Å². The molecule has 1 N–H and O–H groups in total. The van der Waals surface area contributed by atoms with E-state index in [4.69, 9.17) is 4.74 Å². The third-order valence-electron chi connectivity index (χ3n) is 3.41. The van der Waals surface area contributed by atoms with Crippen molar-refractivity contribution >= 4 is 0 Å². The monoisotopic (exact) mass is 235 g/mol. The number of aliphatic hydroxyl groups excluding tert-OH is 1. The van der Waals surface area contributed by atoms with Gasteiger partial charge in [-0.15, -0.1) is 0 Å². The van der Waals surface area contributed by atoms with Gasteiger partial charge in [0.25, 0.3) is 0 Å². The molecule has 0 amide bonds. The minimum absolute atomic E-state index is 0.350. The van der Waals surface area contributed by atoms with E-state index in [9.17, 15) is 5.11 Å². The number of rotatable bonds is 4. The molecule has 0 aromatic carbocycles. The molecule has 2 rings (SSSR count). The van der Waals surface area contributed by atoms with Crippen LogP contribution >= 0.6 is 0 Å². The summed E-state index contributed by atoms with van der Waals surface area (Å²) >= 11 is 0. The average Bonchev–Trinajstić information content (AvgIpc) is 2.78. The summed E-state index contributed by atoms with van der Waals surface area (Å²) in [6.07, 6.45) is 3.93. The Morgan fingerprint density at radius 3 is 2.94 bits per heavy atom. The third kappa shape index (κ3) is 3.27. The van der Waals surface area contributed by atoms with Crippen molar-refractivity contribution in [2.75, 3.05) is 6.61 Å². The van der Waals surface area contributed by atoms with Gasteiger partial charge in [-0.05, 0) is 45.6 Å². The predicted molar refractivity (Wildman–Crippen MR) is 66.9 cm³/mol. The molecule has 94 valence electrons. The van der Waals surface area contributed by atoms with Gasteiger partial charge >= 0.3 is 0 Å². The van der Waals surface area contributed by atoms with Gasteiger partial charge in [0, 0.05) is 23.6 Å². The standard InChI is InChI=1S/C14H21NO2/c1-10-5-7-13(11(2)15-10)14(16)8-6-12-4-3-9-17-12/h5,7,12,14,16H,3-4,6,8-9H2,1-2H3. The summed E-state index contributed by atoms with van der Waals surface area (Å²) in [6, 6.07) is 3.94. The number of hydrogen-bond donors (Lipinski definition) is 1. The van der Waals surface area contributed by atoms with Gasteiger partial charge in [0.15, 0.2) is 0 Å². The fourth-order valence-corrected chi connectivity index (χ4v) is 2.42. The number of hydrogen-bond acceptors (Lipinski definition) is 3. The summed E-state index contributed by atoms with van der Waals surface area (Å²) in [5.41, 5.74) is 2.89. The smallest absolute Gasteiger partial charge is 0.0808 e. The molecule has 0 aliphatic carbocycles. The fraction of sp³-hybridized carbons (Fsp3) is 0.643. The third-order valence-corrected chi connectivity index (χ3v) is 3.41. The van der Waals surface area contributed by atoms with Gasteiger partial charge in [-0.2, -0.15) is 0 Å². The number of aryl methyl sites for hydroxylation is 2. The van der Waals surface area contributed by atoms with Crippen LogP contribution in [0.25, 0.3) is 0 Å². The Hall–Kier alpha value is -0.930. The molecule has 0 saturated carbocycles. The summed E-state index contributed by atoms with van der Waals surface area (Å²) in [4.78, 5) is 4.38. The predicted octanol–water partition coefficient (Wildman–Crippen LogP) is 2.69. The Morgan fingerprint density at radius 1 is 1.47 bits per heavy atom. The highest BCUT2D eigenvalue weighted by Crippen LogP contribution is 2.25. The van der Waals surface area contributed by atoms with E-state index in [1.807, 2.05) is 26.0 Å². The SMILES string of the molecule is Cc1ccc(C(O)CCC2CCCO2)c(C)n1. The van der Waals surface area contributed by atoms with Crippen molar-refractivity contribution in [3.63, 3.8) is 0 Å². The second-order valence-electron chi connectivity index (χ2n) is 4.86. The number of aliphatic hydroxyl groups is 1. The number of pyridine rings is 1. The lowest BCUT2D eigenvalue weighted by atomic mass is 10.0. The van der Waals surface area contributed by atoms with E-state index >= 15 is 0 Å². The highest BCUT2D eigenvalue weighted by molar-refractivity contribution is 5.23. The summed E-state index contributed by atoms with van der Waals surface area (Å²) < 4.78 is 5.56. The number of aromatic nitrogens is 1. The molecule has 0 radical (unpaired) electrons. The second kappa shape index (κ2) is 5.61. The zero-order chi connectivity index (χ0) is 12.3. The van der Waals surface area contributed by atoms with Gasteiger partial charge < -0.3 is 9.84 Å². The van der Waals surface area contributed by atoms with Crippen LogP contribution in [-0.2, 0) is 4.74 Å². The summed E-state index contributed by atoms with van der Waals surface area (Å²) in [5.74, 6) is 0. The van der Waals surface area contributed by atoms with Crippen molar-refractivity contribution in [3.05, 3.63) is 29.1 Å². The lowest BCUT2D eigenvalue weighted by Gasteiger charge is -2.15. The molecule has 0 spiro atoms. The topological polar surface area (TPSA) is 42.4 Å². The normalized spacial score (nSPS) is 21.7. The van der Waals surface area contributed by atoms with Crippen LogP contribution in [0.1, 0.15) is 48.7 Å². The van der Waals surface area contributed by atoms with Gasteiger partial charge in [0.2, 0.25) is 0 Å². The Labute approximate surface area is 103 Å². The summed E-state index contributed by atoms with van der Waals surface area (Å²) in [5, 5.41) is 10.2. The molecule has 1 aliphatic rings. The molecule has 3 heteroatoms. The van der Waals surface area contributed by atoms with Crippen LogP contribution in [0.2, 0.25) is 0 Å². The fourth-order valence-electron chi connectivity index (χ4n) is 2.42. The molecular formula is C14H21NO2. The summed E-state index contributed by atoms with van der Waals surface area (Å²) in [7, 11) is 0. The molecule has 1 aromatic rings. The maximum Gasteiger partial charge on any atom is 0.0808 e. The highest BCUT2D eigenvalue weighted by Gasteiger charge is 2.18. The Morgan fingerprint density at radius 2 is 2.29 bits per heavy atom. The first-order chi connectivity index (χ1) is 8.16. The van der Waals surface area contributed by atoms with Gasteiger partial charge in [0.05, 0.1) is 12.2 Å². The van der Waals surface area contributed by atoms with E-state index in [2.05, 4.69) is 4.98 Å². The van der Waals surface area contributed by atoms with E-state index in [1.54, 1.807) is 0 Å². The van der Waals surface area contributed by atoms with E-state index in [0.717, 1.165) is 49.2 Å².